The molecule has 0 aliphatic carbocycles. The zero-order chi connectivity index (χ0) is 23.0. The number of hydrogen-bond acceptors (Lipinski definition) is 4. The van der Waals surface area contributed by atoms with Crippen molar-refractivity contribution in [2.75, 3.05) is 5.32 Å². The molecule has 0 spiro atoms. The summed E-state index contributed by atoms with van der Waals surface area (Å²) in [6, 6.07) is 13.3. The van der Waals surface area contributed by atoms with Crippen molar-refractivity contribution in [2.45, 2.75) is 59.5 Å². The second-order valence-electron chi connectivity index (χ2n) is 7.89. The molecule has 1 atom stereocenters. The summed E-state index contributed by atoms with van der Waals surface area (Å²) in [7, 11) is 0. The number of amides is 3. The molecular formula is C24H31N3O4. The summed E-state index contributed by atoms with van der Waals surface area (Å²) in [5.41, 5.74) is 8.53. The van der Waals surface area contributed by atoms with E-state index in [-0.39, 0.29) is 18.7 Å². The van der Waals surface area contributed by atoms with Gasteiger partial charge < -0.3 is 10.1 Å². The Labute approximate surface area is 183 Å². The van der Waals surface area contributed by atoms with E-state index in [2.05, 4.69) is 30.0 Å². The predicted octanol–water partition coefficient (Wildman–Crippen LogP) is 3.76. The topological polar surface area (TPSA) is 96.5 Å². The predicted molar refractivity (Wildman–Crippen MR) is 121 cm³/mol. The molecule has 0 heterocycles. The molecule has 2 rings (SSSR count). The Kier molecular flexibility index (Phi) is 8.61. The minimum absolute atomic E-state index is 0.00331. The molecule has 0 aliphatic heterocycles. The third-order valence-electron chi connectivity index (χ3n) is 4.80. The third-order valence-corrected chi connectivity index (χ3v) is 4.80. The largest absolute Gasteiger partial charge is 0.481 e. The molecule has 0 aliphatic rings. The number of carbonyl (C=O) groups excluding carboxylic acids is 3. The van der Waals surface area contributed by atoms with Gasteiger partial charge in [0.15, 0.2) is 6.10 Å². The van der Waals surface area contributed by atoms with Gasteiger partial charge in [-0.25, -0.2) is 0 Å². The molecule has 0 aromatic heterocycles. The summed E-state index contributed by atoms with van der Waals surface area (Å²) >= 11 is 0. The molecule has 2 aromatic rings. The molecular weight excluding hydrogens is 394 g/mol. The van der Waals surface area contributed by atoms with Crippen molar-refractivity contribution in [1.29, 1.82) is 0 Å². The van der Waals surface area contributed by atoms with Gasteiger partial charge in [-0.3, -0.25) is 25.2 Å². The van der Waals surface area contributed by atoms with Crippen LogP contribution in [0.2, 0.25) is 0 Å². The van der Waals surface area contributed by atoms with E-state index in [4.69, 9.17) is 4.74 Å². The smallest absolute Gasteiger partial charge is 0.279 e. The summed E-state index contributed by atoms with van der Waals surface area (Å²) in [5.74, 6) is -0.231. The van der Waals surface area contributed by atoms with Gasteiger partial charge in [-0.15, -0.1) is 0 Å². The lowest BCUT2D eigenvalue weighted by molar-refractivity contribution is -0.133. The van der Waals surface area contributed by atoms with Gasteiger partial charge in [0.2, 0.25) is 11.8 Å². The Hall–Kier alpha value is -3.35. The summed E-state index contributed by atoms with van der Waals surface area (Å²) in [6.07, 6.45) is -0.843. The van der Waals surface area contributed by atoms with Crippen molar-refractivity contribution >= 4 is 23.4 Å². The first kappa shape index (κ1) is 23.9. The zero-order valence-electron chi connectivity index (χ0n) is 18.7. The number of ether oxygens (including phenoxy) is 1. The Morgan fingerprint density at radius 1 is 0.871 bits per heavy atom. The van der Waals surface area contributed by atoms with Gasteiger partial charge in [0, 0.05) is 18.5 Å². The van der Waals surface area contributed by atoms with E-state index in [1.165, 1.54) is 5.56 Å². The van der Waals surface area contributed by atoms with E-state index in [0.717, 1.165) is 16.8 Å². The average Bonchev–Trinajstić information content (AvgIpc) is 2.73. The van der Waals surface area contributed by atoms with Gasteiger partial charge in [-0.05, 0) is 61.6 Å². The van der Waals surface area contributed by atoms with Crippen molar-refractivity contribution in [2.24, 2.45) is 0 Å². The monoisotopic (exact) mass is 425 g/mol. The molecule has 0 radical (unpaired) electrons. The fourth-order valence-corrected chi connectivity index (χ4v) is 2.79. The third kappa shape index (κ3) is 7.77. The maximum absolute atomic E-state index is 12.1. The highest BCUT2D eigenvalue weighted by Crippen LogP contribution is 2.19. The van der Waals surface area contributed by atoms with Crippen LogP contribution in [0.25, 0.3) is 0 Å². The number of carbonyl (C=O) groups is 3. The van der Waals surface area contributed by atoms with Crippen LogP contribution in [0.15, 0.2) is 42.5 Å². The molecule has 31 heavy (non-hydrogen) atoms. The van der Waals surface area contributed by atoms with E-state index in [1.54, 1.807) is 6.92 Å². The van der Waals surface area contributed by atoms with Crippen LogP contribution in [0, 0.1) is 13.8 Å². The van der Waals surface area contributed by atoms with Crippen LogP contribution in [-0.4, -0.2) is 23.8 Å². The van der Waals surface area contributed by atoms with E-state index in [9.17, 15) is 14.4 Å². The molecule has 3 amide bonds. The molecule has 2 aromatic carbocycles. The molecule has 0 saturated carbocycles. The Morgan fingerprint density at radius 2 is 1.52 bits per heavy atom. The SMILES string of the molecule is Cc1ccc(C)c(NC(=O)CCC(=O)NNC(=O)[C@H](C)Oc2ccc(C(C)C)cc2)c1. The fraction of sp³-hybridized carbons (Fsp3) is 0.375. The van der Waals surface area contributed by atoms with Crippen molar-refractivity contribution in [1.82, 2.24) is 10.9 Å². The summed E-state index contributed by atoms with van der Waals surface area (Å²) in [6.45, 7) is 9.63. The minimum Gasteiger partial charge on any atom is -0.481 e. The first-order valence-electron chi connectivity index (χ1n) is 10.4. The van der Waals surface area contributed by atoms with E-state index in [1.807, 2.05) is 56.3 Å². The molecule has 7 nitrogen and oxygen atoms in total. The standard InChI is InChI=1S/C24H31N3O4/c1-15(2)19-8-10-20(11-9-19)31-18(5)24(30)27-26-23(29)13-12-22(28)25-21-14-16(3)6-7-17(21)4/h6-11,14-15,18H,12-13H2,1-5H3,(H,25,28)(H,26,29)(H,27,30)/t18-/m0/s1. The fourth-order valence-electron chi connectivity index (χ4n) is 2.79. The number of rotatable bonds is 8. The highest BCUT2D eigenvalue weighted by atomic mass is 16.5. The summed E-state index contributed by atoms with van der Waals surface area (Å²) in [4.78, 5) is 36.2. The van der Waals surface area contributed by atoms with Crippen LogP contribution >= 0.6 is 0 Å². The van der Waals surface area contributed by atoms with Gasteiger partial charge in [-0.2, -0.15) is 0 Å². The Morgan fingerprint density at radius 3 is 2.16 bits per heavy atom. The van der Waals surface area contributed by atoms with Crippen molar-refractivity contribution in [3.05, 3.63) is 59.2 Å². The number of aryl methyl sites for hydroxylation is 2. The van der Waals surface area contributed by atoms with Crippen LogP contribution in [0.5, 0.6) is 5.75 Å². The quantitative estimate of drug-likeness (QED) is 0.561. The number of hydrazine groups is 1. The highest BCUT2D eigenvalue weighted by Gasteiger charge is 2.16. The van der Waals surface area contributed by atoms with Crippen LogP contribution in [-0.2, 0) is 14.4 Å². The number of nitrogens with one attached hydrogen (secondary N) is 3. The Balaban J connectivity index is 1.72. The first-order chi connectivity index (χ1) is 14.7. The normalized spacial score (nSPS) is 11.5. The second-order valence-corrected chi connectivity index (χ2v) is 7.89. The van der Waals surface area contributed by atoms with Crippen LogP contribution in [0.4, 0.5) is 5.69 Å². The van der Waals surface area contributed by atoms with Crippen LogP contribution < -0.4 is 20.9 Å². The molecule has 0 bridgehead atoms. The summed E-state index contributed by atoms with van der Waals surface area (Å²) < 4.78 is 5.60. The van der Waals surface area contributed by atoms with Gasteiger partial charge in [0.05, 0.1) is 0 Å². The number of benzene rings is 2. The minimum atomic E-state index is -0.794. The van der Waals surface area contributed by atoms with E-state index in [0.29, 0.717) is 11.7 Å². The molecule has 0 fully saturated rings. The summed E-state index contributed by atoms with van der Waals surface area (Å²) in [5, 5.41) is 2.80. The van der Waals surface area contributed by atoms with Gasteiger partial charge in [-0.1, -0.05) is 38.1 Å². The maximum atomic E-state index is 12.1. The average molecular weight is 426 g/mol. The van der Waals surface area contributed by atoms with Crippen molar-refractivity contribution in [3.8, 4) is 5.75 Å². The molecule has 7 heteroatoms. The van der Waals surface area contributed by atoms with Gasteiger partial charge >= 0.3 is 0 Å². The van der Waals surface area contributed by atoms with Gasteiger partial charge in [0.25, 0.3) is 5.91 Å². The molecule has 3 N–H and O–H groups in total. The van der Waals surface area contributed by atoms with Crippen molar-refractivity contribution < 1.29 is 19.1 Å². The number of hydrogen-bond donors (Lipinski definition) is 3. The number of anilines is 1. The zero-order valence-corrected chi connectivity index (χ0v) is 18.7. The first-order valence-corrected chi connectivity index (χ1v) is 10.4. The highest BCUT2D eigenvalue weighted by molar-refractivity contribution is 5.94. The van der Waals surface area contributed by atoms with E-state index >= 15 is 0 Å². The Bertz CT molecular complexity index is 923. The molecule has 166 valence electrons. The lowest BCUT2D eigenvalue weighted by Crippen LogP contribution is -2.47. The van der Waals surface area contributed by atoms with Gasteiger partial charge in [0.1, 0.15) is 5.75 Å². The van der Waals surface area contributed by atoms with E-state index < -0.39 is 17.9 Å². The molecule has 0 unspecified atom stereocenters. The molecule has 0 saturated heterocycles. The van der Waals surface area contributed by atoms with Crippen LogP contribution in [0.3, 0.4) is 0 Å². The lowest BCUT2D eigenvalue weighted by Gasteiger charge is -2.16. The van der Waals surface area contributed by atoms with Crippen molar-refractivity contribution in [3.63, 3.8) is 0 Å². The maximum Gasteiger partial charge on any atom is 0.279 e. The second kappa shape index (κ2) is 11.2. The lowest BCUT2D eigenvalue weighted by atomic mass is 10.0. The van der Waals surface area contributed by atoms with Crippen LogP contribution in [0.1, 0.15) is 56.2 Å².